The summed E-state index contributed by atoms with van der Waals surface area (Å²) in [5.74, 6) is -0.00888. The van der Waals surface area contributed by atoms with Gasteiger partial charge in [-0.05, 0) is 43.1 Å². The number of hydrogen-bond acceptors (Lipinski definition) is 6. The first-order valence-corrected chi connectivity index (χ1v) is 9.75. The number of ether oxygens (including phenoxy) is 2. The Morgan fingerprint density at radius 1 is 1.44 bits per heavy atom. The smallest absolute Gasteiger partial charge is 0.410 e. The Morgan fingerprint density at radius 2 is 2.16 bits per heavy atom. The second-order valence-corrected chi connectivity index (χ2v) is 9.58. The lowest BCUT2D eigenvalue weighted by Gasteiger charge is -2.28. The largest absolute Gasteiger partial charge is 0.444 e. The van der Waals surface area contributed by atoms with E-state index < -0.39 is 5.60 Å². The minimum atomic E-state index is -0.559. The minimum absolute atomic E-state index is 0.00888. The van der Waals surface area contributed by atoms with Gasteiger partial charge < -0.3 is 19.3 Å². The van der Waals surface area contributed by atoms with Crippen LogP contribution in [0.4, 0.5) is 4.79 Å². The van der Waals surface area contributed by atoms with E-state index in [2.05, 4.69) is 20.9 Å². The molecule has 1 aromatic heterocycles. The quantitative estimate of drug-likeness (QED) is 0.735. The molecular weight excluding hydrogens is 410 g/mol. The number of aromatic nitrogens is 1. The first-order chi connectivity index (χ1) is 11.7. The fraction of sp³-hybridized carbons (Fsp3) is 0.688. The summed E-state index contributed by atoms with van der Waals surface area (Å²) in [5, 5.41) is 0. The summed E-state index contributed by atoms with van der Waals surface area (Å²) in [6, 6.07) is -0.156. The number of carbonyl (C=O) groups excluding carboxylic acids is 2. The zero-order valence-corrected chi connectivity index (χ0v) is 17.1. The number of fused-ring (bicyclic) bond motifs is 1. The van der Waals surface area contributed by atoms with Crippen molar-refractivity contribution in [3.8, 4) is 0 Å². The first-order valence-electron chi connectivity index (χ1n) is 8.14. The molecule has 0 saturated carbocycles. The summed E-state index contributed by atoms with van der Waals surface area (Å²) in [4.78, 5) is 33.8. The van der Waals surface area contributed by atoms with E-state index in [-0.39, 0.29) is 24.1 Å². The van der Waals surface area contributed by atoms with Crippen LogP contribution >= 0.6 is 27.3 Å². The van der Waals surface area contributed by atoms with Crippen LogP contribution in [0.5, 0.6) is 0 Å². The number of nitrogens with zero attached hydrogens (tertiary/aromatic N) is 3. The monoisotopic (exact) mass is 431 g/mol. The highest BCUT2D eigenvalue weighted by atomic mass is 79.9. The zero-order valence-electron chi connectivity index (χ0n) is 14.7. The molecule has 2 amide bonds. The molecule has 138 valence electrons. The van der Waals surface area contributed by atoms with E-state index in [9.17, 15) is 9.59 Å². The van der Waals surface area contributed by atoms with Gasteiger partial charge in [-0.25, -0.2) is 9.78 Å². The molecule has 0 bridgehead atoms. The van der Waals surface area contributed by atoms with E-state index in [4.69, 9.17) is 9.47 Å². The number of likely N-dealkylation sites (tertiary alicyclic amines) is 1. The van der Waals surface area contributed by atoms with Gasteiger partial charge in [0, 0.05) is 13.7 Å². The lowest BCUT2D eigenvalue weighted by Crippen LogP contribution is -2.43. The highest BCUT2D eigenvalue weighted by Gasteiger charge is 2.44. The maximum atomic E-state index is 12.7. The van der Waals surface area contributed by atoms with Crippen LogP contribution < -0.4 is 0 Å². The average molecular weight is 432 g/mol. The topological polar surface area (TPSA) is 72.0 Å². The molecule has 1 fully saturated rings. The Kier molecular flexibility index (Phi) is 5.09. The van der Waals surface area contributed by atoms with Gasteiger partial charge in [-0.15, -0.1) is 11.3 Å². The van der Waals surface area contributed by atoms with Gasteiger partial charge in [-0.1, -0.05) is 0 Å². The van der Waals surface area contributed by atoms with E-state index in [1.807, 2.05) is 25.7 Å². The number of thiazole rings is 1. The van der Waals surface area contributed by atoms with Crippen molar-refractivity contribution in [1.29, 1.82) is 0 Å². The minimum Gasteiger partial charge on any atom is -0.444 e. The zero-order chi connectivity index (χ0) is 18.4. The maximum absolute atomic E-state index is 12.7. The maximum Gasteiger partial charge on any atom is 0.410 e. The number of carbonyl (C=O) groups is 2. The van der Waals surface area contributed by atoms with Crippen molar-refractivity contribution >= 4 is 39.3 Å². The summed E-state index contributed by atoms with van der Waals surface area (Å²) < 4.78 is 11.5. The molecule has 0 unspecified atom stereocenters. The molecule has 0 radical (unpaired) electrons. The number of methoxy groups -OCH3 is 1. The third kappa shape index (κ3) is 3.83. The van der Waals surface area contributed by atoms with Crippen LogP contribution in [0, 0.1) is 0 Å². The van der Waals surface area contributed by atoms with Crippen molar-refractivity contribution in [2.24, 2.45) is 0 Å². The Balaban J connectivity index is 1.73. The van der Waals surface area contributed by atoms with E-state index in [0.717, 1.165) is 9.61 Å². The summed E-state index contributed by atoms with van der Waals surface area (Å²) in [7, 11) is 1.61. The average Bonchev–Trinajstić information content (AvgIpc) is 3.13. The van der Waals surface area contributed by atoms with Crippen molar-refractivity contribution in [2.75, 3.05) is 20.3 Å². The summed E-state index contributed by atoms with van der Waals surface area (Å²) in [6.45, 7) is 6.89. The lowest BCUT2D eigenvalue weighted by molar-refractivity contribution is 0.0141. The lowest BCUT2D eigenvalue weighted by atomic mass is 10.1. The van der Waals surface area contributed by atoms with Crippen LogP contribution in [0.1, 0.15) is 42.6 Å². The summed E-state index contributed by atoms with van der Waals surface area (Å²) >= 11 is 4.68. The molecule has 3 rings (SSSR count). The molecule has 0 spiro atoms. The van der Waals surface area contributed by atoms with Gasteiger partial charge in [0.15, 0.2) is 3.92 Å². The van der Waals surface area contributed by atoms with Crippen LogP contribution in [-0.2, 0) is 16.0 Å². The van der Waals surface area contributed by atoms with Crippen LogP contribution in [0.25, 0.3) is 0 Å². The van der Waals surface area contributed by atoms with Gasteiger partial charge in [0.25, 0.3) is 5.91 Å². The van der Waals surface area contributed by atoms with Crippen molar-refractivity contribution in [3.05, 3.63) is 14.5 Å². The molecule has 3 heterocycles. The van der Waals surface area contributed by atoms with Gasteiger partial charge in [0.1, 0.15) is 10.5 Å². The Bertz CT molecular complexity index is 687. The van der Waals surface area contributed by atoms with Crippen LogP contribution in [0.2, 0.25) is 0 Å². The van der Waals surface area contributed by atoms with E-state index in [1.54, 1.807) is 12.0 Å². The molecule has 1 aromatic rings. The van der Waals surface area contributed by atoms with E-state index >= 15 is 0 Å². The second kappa shape index (κ2) is 6.85. The molecule has 25 heavy (non-hydrogen) atoms. The van der Waals surface area contributed by atoms with Gasteiger partial charge in [-0.2, -0.15) is 0 Å². The van der Waals surface area contributed by atoms with Crippen LogP contribution in [-0.4, -0.2) is 64.7 Å². The predicted molar refractivity (Wildman–Crippen MR) is 96.7 cm³/mol. The van der Waals surface area contributed by atoms with Gasteiger partial charge in [0.2, 0.25) is 0 Å². The molecule has 2 aliphatic heterocycles. The number of rotatable bonds is 3. The van der Waals surface area contributed by atoms with Crippen LogP contribution in [0.3, 0.4) is 0 Å². The molecule has 2 atom stereocenters. The fourth-order valence-electron chi connectivity index (χ4n) is 3.27. The number of halogens is 1. The normalized spacial score (nSPS) is 23.3. The summed E-state index contributed by atoms with van der Waals surface area (Å²) in [5.41, 5.74) is 0.247. The Morgan fingerprint density at radius 3 is 2.76 bits per heavy atom. The highest BCUT2D eigenvalue weighted by Crippen LogP contribution is 2.35. The number of amides is 2. The molecule has 9 heteroatoms. The van der Waals surface area contributed by atoms with Crippen molar-refractivity contribution in [1.82, 2.24) is 14.8 Å². The molecule has 1 saturated heterocycles. The Hall–Kier alpha value is -1.19. The fourth-order valence-corrected chi connectivity index (χ4v) is 4.72. The van der Waals surface area contributed by atoms with Gasteiger partial charge in [0.05, 0.1) is 30.9 Å². The molecular formula is C16H22BrN3O4S. The third-order valence-corrected chi connectivity index (χ3v) is 5.80. The van der Waals surface area contributed by atoms with Crippen molar-refractivity contribution in [3.63, 3.8) is 0 Å². The third-order valence-electron chi connectivity index (χ3n) is 4.27. The SMILES string of the molecule is COC[C@@H]1C[C@@H](N2Cc3nc(Br)sc3C2=O)CN1C(=O)OC(C)(C)C. The molecule has 0 aromatic carbocycles. The van der Waals surface area contributed by atoms with Crippen molar-refractivity contribution in [2.45, 2.75) is 51.4 Å². The summed E-state index contributed by atoms with van der Waals surface area (Å²) in [6.07, 6.45) is 0.314. The molecule has 0 aliphatic carbocycles. The molecule has 0 N–H and O–H groups in total. The van der Waals surface area contributed by atoms with E-state index in [0.29, 0.717) is 31.0 Å². The Labute approximate surface area is 159 Å². The highest BCUT2D eigenvalue weighted by molar-refractivity contribution is 9.11. The standard InChI is InChI=1S/C16H22BrN3O4S/c1-16(2,3)24-15(22)20-6-9(5-10(20)8-23-4)19-7-11-12(13(19)21)25-14(17)18-11/h9-10H,5-8H2,1-4H3/t9-,10+/m1/s1. The first kappa shape index (κ1) is 18.6. The van der Waals surface area contributed by atoms with Gasteiger partial charge in [-0.3, -0.25) is 4.79 Å². The second-order valence-electron chi connectivity index (χ2n) is 7.31. The van der Waals surface area contributed by atoms with Gasteiger partial charge >= 0.3 is 6.09 Å². The van der Waals surface area contributed by atoms with E-state index in [1.165, 1.54) is 11.3 Å². The number of hydrogen-bond donors (Lipinski definition) is 0. The predicted octanol–water partition coefficient (Wildman–Crippen LogP) is 2.89. The van der Waals surface area contributed by atoms with Crippen LogP contribution in [0.15, 0.2) is 3.92 Å². The molecule has 2 aliphatic rings. The molecule has 7 nitrogen and oxygen atoms in total. The van der Waals surface area contributed by atoms with Crippen molar-refractivity contribution < 1.29 is 19.1 Å².